The first kappa shape index (κ1) is 25.2. The van der Waals surface area contributed by atoms with Crippen LogP contribution in [0.2, 0.25) is 0 Å². The summed E-state index contributed by atoms with van der Waals surface area (Å²) in [5.41, 5.74) is 1.56. The average molecular weight is 495 g/mol. The van der Waals surface area contributed by atoms with E-state index in [1.165, 1.54) is 18.4 Å². The zero-order valence-electron chi connectivity index (χ0n) is 20.4. The smallest absolute Gasteiger partial charge is 0.321 e. The van der Waals surface area contributed by atoms with Crippen LogP contribution in [0.4, 0.5) is 14.9 Å². The number of amides is 3. The van der Waals surface area contributed by atoms with E-state index in [0.717, 1.165) is 17.0 Å². The fourth-order valence-electron chi connectivity index (χ4n) is 4.06. The van der Waals surface area contributed by atoms with Crippen LogP contribution < -0.4 is 10.1 Å². The van der Waals surface area contributed by atoms with Crippen molar-refractivity contribution < 1.29 is 23.1 Å². The molecule has 36 heavy (non-hydrogen) atoms. The Hall–Kier alpha value is -3.85. The fourth-order valence-corrected chi connectivity index (χ4v) is 4.06. The summed E-state index contributed by atoms with van der Waals surface area (Å²) < 4.78 is 24.1. The van der Waals surface area contributed by atoms with Gasteiger partial charge in [0.15, 0.2) is 5.76 Å². The minimum atomic E-state index is -0.313. The largest absolute Gasteiger partial charge is 0.494 e. The lowest BCUT2D eigenvalue weighted by molar-refractivity contribution is 0.0673. The molecule has 0 unspecified atom stereocenters. The van der Waals surface area contributed by atoms with Crippen LogP contribution in [0.15, 0.2) is 71.3 Å². The van der Waals surface area contributed by atoms with Gasteiger partial charge in [-0.1, -0.05) is 12.1 Å². The molecule has 1 fully saturated rings. The number of nitrogens with one attached hydrogen (secondary N) is 1. The van der Waals surface area contributed by atoms with Crippen molar-refractivity contribution in [2.24, 2.45) is 0 Å². The van der Waals surface area contributed by atoms with E-state index in [0.29, 0.717) is 52.4 Å². The van der Waals surface area contributed by atoms with Crippen LogP contribution in [-0.2, 0) is 6.54 Å². The summed E-state index contributed by atoms with van der Waals surface area (Å²) in [4.78, 5) is 31.4. The van der Waals surface area contributed by atoms with Gasteiger partial charge >= 0.3 is 6.03 Å². The summed E-state index contributed by atoms with van der Waals surface area (Å²) >= 11 is 0. The molecule has 8 nitrogen and oxygen atoms in total. The lowest BCUT2D eigenvalue weighted by Gasteiger charge is -2.35. The molecule has 1 aromatic heterocycles. The van der Waals surface area contributed by atoms with Crippen molar-refractivity contribution in [2.75, 3.05) is 51.2 Å². The maximum atomic E-state index is 13.3. The maximum absolute atomic E-state index is 13.3. The van der Waals surface area contributed by atoms with Gasteiger partial charge < -0.3 is 24.3 Å². The van der Waals surface area contributed by atoms with E-state index in [2.05, 4.69) is 10.2 Å². The molecule has 0 saturated carbocycles. The lowest BCUT2D eigenvalue weighted by atomic mass is 10.2. The molecule has 0 aliphatic carbocycles. The Bertz CT molecular complexity index is 1110. The van der Waals surface area contributed by atoms with Gasteiger partial charge in [-0.05, 0) is 61.0 Å². The summed E-state index contributed by atoms with van der Waals surface area (Å²) in [6.07, 6.45) is 1.47. The van der Waals surface area contributed by atoms with Gasteiger partial charge in [-0.25, -0.2) is 9.18 Å². The number of anilines is 1. The first-order chi connectivity index (χ1) is 17.5. The van der Waals surface area contributed by atoms with Crippen LogP contribution in [0.5, 0.6) is 5.75 Å². The van der Waals surface area contributed by atoms with E-state index < -0.39 is 0 Å². The van der Waals surface area contributed by atoms with E-state index in [1.54, 1.807) is 34.1 Å². The number of benzene rings is 2. The van der Waals surface area contributed by atoms with Crippen LogP contribution in [0.3, 0.4) is 0 Å². The number of furan rings is 1. The standard InChI is InChI=1S/C27H31FN4O4/c1-2-35-24-11-9-23(10-12-24)29-27(34)31-16-13-30(14-17-31)15-18-32(26(33)25-4-3-19-36-25)20-21-5-7-22(28)8-6-21/h3-12,19H,2,13-18,20H2,1H3,(H,29,34). The Kier molecular flexibility index (Phi) is 8.57. The highest BCUT2D eigenvalue weighted by Crippen LogP contribution is 2.17. The number of hydrogen-bond acceptors (Lipinski definition) is 5. The monoisotopic (exact) mass is 494 g/mol. The topological polar surface area (TPSA) is 78.3 Å². The summed E-state index contributed by atoms with van der Waals surface area (Å²) in [6, 6.07) is 16.6. The molecule has 0 bridgehead atoms. The van der Waals surface area contributed by atoms with Gasteiger partial charge in [0.1, 0.15) is 11.6 Å². The molecule has 0 atom stereocenters. The van der Waals surface area contributed by atoms with E-state index in [-0.39, 0.29) is 23.5 Å². The van der Waals surface area contributed by atoms with Gasteiger partial charge in [0.25, 0.3) is 5.91 Å². The van der Waals surface area contributed by atoms with Gasteiger partial charge in [0.2, 0.25) is 0 Å². The third-order valence-electron chi connectivity index (χ3n) is 6.07. The molecular weight excluding hydrogens is 463 g/mol. The zero-order chi connectivity index (χ0) is 25.3. The third-order valence-corrected chi connectivity index (χ3v) is 6.07. The molecule has 3 amide bonds. The molecule has 0 radical (unpaired) electrons. The lowest BCUT2D eigenvalue weighted by Crippen LogP contribution is -2.51. The highest BCUT2D eigenvalue weighted by molar-refractivity contribution is 5.91. The van der Waals surface area contributed by atoms with Crippen molar-refractivity contribution in [2.45, 2.75) is 13.5 Å². The number of halogens is 1. The molecule has 1 N–H and O–H groups in total. The van der Waals surface area contributed by atoms with Gasteiger partial charge in [0, 0.05) is 51.5 Å². The molecule has 4 rings (SSSR count). The van der Waals surface area contributed by atoms with Crippen molar-refractivity contribution in [3.05, 3.63) is 84.1 Å². The van der Waals surface area contributed by atoms with Crippen LogP contribution in [0.1, 0.15) is 23.0 Å². The summed E-state index contributed by atoms with van der Waals surface area (Å²) in [5, 5.41) is 2.93. The molecule has 9 heteroatoms. The van der Waals surface area contributed by atoms with Gasteiger partial charge in [-0.2, -0.15) is 0 Å². The molecule has 2 heterocycles. The average Bonchev–Trinajstić information content (AvgIpc) is 3.44. The minimum absolute atomic E-state index is 0.134. The highest BCUT2D eigenvalue weighted by Gasteiger charge is 2.24. The predicted molar refractivity (Wildman–Crippen MR) is 134 cm³/mol. The van der Waals surface area contributed by atoms with Gasteiger partial charge in [-0.3, -0.25) is 9.69 Å². The Morgan fingerprint density at radius 2 is 1.75 bits per heavy atom. The molecule has 2 aromatic carbocycles. The Balaban J connectivity index is 1.28. The number of rotatable bonds is 9. The SMILES string of the molecule is CCOc1ccc(NC(=O)N2CCN(CCN(Cc3ccc(F)cc3)C(=O)c3ccco3)CC2)cc1. The van der Waals surface area contributed by atoms with Crippen LogP contribution in [-0.4, -0.2) is 72.5 Å². The van der Waals surface area contributed by atoms with E-state index in [9.17, 15) is 14.0 Å². The number of carbonyl (C=O) groups excluding carboxylic acids is 2. The second-order valence-electron chi connectivity index (χ2n) is 8.55. The summed E-state index contributed by atoms with van der Waals surface area (Å²) in [7, 11) is 0. The number of carbonyl (C=O) groups is 2. The third kappa shape index (κ3) is 6.85. The van der Waals surface area contributed by atoms with Gasteiger partial charge in [0.05, 0.1) is 12.9 Å². The molecule has 190 valence electrons. The summed E-state index contributed by atoms with van der Waals surface area (Å²) in [5.74, 6) is 0.515. The van der Waals surface area contributed by atoms with Crippen molar-refractivity contribution in [3.8, 4) is 5.75 Å². The molecule has 1 aliphatic rings. The van der Waals surface area contributed by atoms with Gasteiger partial charge in [-0.15, -0.1) is 0 Å². The van der Waals surface area contributed by atoms with Crippen LogP contribution in [0.25, 0.3) is 0 Å². The Morgan fingerprint density at radius 3 is 2.39 bits per heavy atom. The minimum Gasteiger partial charge on any atom is -0.494 e. The number of ether oxygens (including phenoxy) is 1. The van der Waals surface area contributed by atoms with Crippen molar-refractivity contribution in [3.63, 3.8) is 0 Å². The molecule has 1 aliphatic heterocycles. The second-order valence-corrected chi connectivity index (χ2v) is 8.55. The Morgan fingerprint density at radius 1 is 1.03 bits per heavy atom. The quantitative estimate of drug-likeness (QED) is 0.480. The normalized spacial score (nSPS) is 13.9. The highest BCUT2D eigenvalue weighted by atomic mass is 19.1. The first-order valence-electron chi connectivity index (χ1n) is 12.1. The molecule has 0 spiro atoms. The molecule has 3 aromatic rings. The second kappa shape index (κ2) is 12.2. The number of nitrogens with zero attached hydrogens (tertiary/aromatic N) is 3. The number of hydrogen-bond donors (Lipinski definition) is 1. The molecular formula is C27H31FN4O4. The Labute approximate surface area is 210 Å². The van der Waals surface area contributed by atoms with E-state index in [4.69, 9.17) is 9.15 Å². The van der Waals surface area contributed by atoms with E-state index >= 15 is 0 Å². The molecule has 1 saturated heterocycles. The van der Waals surface area contributed by atoms with E-state index in [1.807, 2.05) is 31.2 Å². The zero-order valence-corrected chi connectivity index (χ0v) is 20.4. The summed E-state index contributed by atoms with van der Waals surface area (Å²) in [6.45, 7) is 6.60. The van der Waals surface area contributed by atoms with Crippen molar-refractivity contribution in [1.29, 1.82) is 0 Å². The predicted octanol–water partition coefficient (Wildman–Crippen LogP) is 4.31. The van der Waals surface area contributed by atoms with Crippen LogP contribution in [0, 0.1) is 5.82 Å². The van der Waals surface area contributed by atoms with Crippen molar-refractivity contribution in [1.82, 2.24) is 14.7 Å². The van der Waals surface area contributed by atoms with Crippen molar-refractivity contribution >= 4 is 17.6 Å². The maximum Gasteiger partial charge on any atom is 0.321 e. The first-order valence-corrected chi connectivity index (χ1v) is 12.1. The van der Waals surface area contributed by atoms with Crippen LogP contribution >= 0.6 is 0 Å². The fraction of sp³-hybridized carbons (Fsp3) is 0.333. The number of urea groups is 1. The number of piperazine rings is 1.